The fourth-order valence-electron chi connectivity index (χ4n) is 2.59. The summed E-state index contributed by atoms with van der Waals surface area (Å²) >= 11 is 0. The van der Waals surface area contributed by atoms with E-state index in [-0.39, 0.29) is 23.7 Å². The molecule has 0 spiro atoms. The number of aromatic nitrogens is 1. The number of halogens is 4. The van der Waals surface area contributed by atoms with Crippen molar-refractivity contribution < 1.29 is 35.5 Å². The van der Waals surface area contributed by atoms with E-state index in [1.54, 1.807) is 0 Å². The molecule has 1 heterocycles. The largest absolute Gasteiger partial charge is 0.496 e. The highest BCUT2D eigenvalue weighted by molar-refractivity contribution is 7.93. The van der Waals surface area contributed by atoms with Crippen molar-refractivity contribution in [1.29, 1.82) is 0 Å². The first kappa shape index (κ1) is 25.1. The minimum absolute atomic E-state index is 0.181. The van der Waals surface area contributed by atoms with Crippen molar-refractivity contribution >= 4 is 21.6 Å². The third-order valence-electron chi connectivity index (χ3n) is 4.09. The number of sulfone groups is 1. The minimum atomic E-state index is -4.76. The number of nitrogens with one attached hydrogen (secondary N) is 2. The van der Waals surface area contributed by atoms with Gasteiger partial charge in [-0.3, -0.25) is 4.79 Å². The lowest BCUT2D eigenvalue weighted by Crippen LogP contribution is -2.32. The second kappa shape index (κ2) is 9.98. The van der Waals surface area contributed by atoms with E-state index in [0.717, 1.165) is 29.9 Å². The van der Waals surface area contributed by atoms with Crippen LogP contribution in [0, 0.1) is 5.82 Å². The molecule has 32 heavy (non-hydrogen) atoms. The molecule has 0 saturated heterocycles. The van der Waals surface area contributed by atoms with Gasteiger partial charge in [0.15, 0.2) is 9.84 Å². The van der Waals surface area contributed by atoms with Crippen molar-refractivity contribution in [1.82, 2.24) is 10.3 Å². The van der Waals surface area contributed by atoms with Crippen molar-refractivity contribution in [3.8, 4) is 5.75 Å². The van der Waals surface area contributed by atoms with E-state index < -0.39 is 39.5 Å². The third kappa shape index (κ3) is 7.22. The van der Waals surface area contributed by atoms with Crippen LogP contribution in [0.2, 0.25) is 0 Å². The number of ether oxygens (including phenoxy) is 1. The van der Waals surface area contributed by atoms with E-state index in [2.05, 4.69) is 15.6 Å². The Hall–Kier alpha value is -3.15. The van der Waals surface area contributed by atoms with Gasteiger partial charge in [-0.15, -0.1) is 0 Å². The molecule has 1 aromatic heterocycles. The third-order valence-corrected chi connectivity index (χ3v) is 4.74. The number of methoxy groups -OCH3 is 1. The highest BCUT2D eigenvalue weighted by Crippen LogP contribution is 2.30. The summed E-state index contributed by atoms with van der Waals surface area (Å²) in [5.74, 6) is -1.46. The number of carbonyl (C=O) groups excluding carboxylic acids is 1. The first-order valence-corrected chi connectivity index (χ1v) is 11.1. The van der Waals surface area contributed by atoms with Gasteiger partial charge in [-0.05, 0) is 37.3 Å². The van der Waals surface area contributed by atoms with E-state index in [4.69, 9.17) is 4.74 Å². The fraction of sp³-hybridized carbons (Fsp3) is 0.300. The number of alkyl halides is 3. The van der Waals surface area contributed by atoms with Gasteiger partial charge in [-0.2, -0.15) is 13.2 Å². The molecule has 2 aromatic rings. The monoisotopic (exact) mass is 475 g/mol. The highest BCUT2D eigenvalue weighted by atomic mass is 32.2. The van der Waals surface area contributed by atoms with Crippen LogP contribution in [0.25, 0.3) is 0 Å². The van der Waals surface area contributed by atoms with Crippen molar-refractivity contribution in [3.63, 3.8) is 0 Å². The fourth-order valence-corrected chi connectivity index (χ4v) is 3.11. The number of anilines is 1. The van der Waals surface area contributed by atoms with Crippen LogP contribution < -0.4 is 15.4 Å². The van der Waals surface area contributed by atoms with E-state index in [1.807, 2.05) is 0 Å². The molecule has 0 fully saturated rings. The van der Waals surface area contributed by atoms with Gasteiger partial charge in [0, 0.05) is 29.8 Å². The Morgan fingerprint density at radius 3 is 2.53 bits per heavy atom. The zero-order valence-electron chi connectivity index (χ0n) is 17.3. The van der Waals surface area contributed by atoms with E-state index in [9.17, 15) is 30.8 Å². The zero-order valence-corrected chi connectivity index (χ0v) is 18.1. The molecule has 0 aliphatic heterocycles. The number of nitrogens with zero attached hydrogens (tertiary/aromatic N) is 1. The van der Waals surface area contributed by atoms with Gasteiger partial charge in [0.05, 0.1) is 12.7 Å². The molecule has 12 heteroatoms. The Bertz CT molecular complexity index is 1120. The summed E-state index contributed by atoms with van der Waals surface area (Å²) in [6, 6.07) is 4.51. The standard InChI is InChI=1S/C20H21F4N3O4S/c1-12(8-9-32(3,29)30)26-19(28)15-5-7-17(20(22,23)24)27-18(15)25-11-13-10-14(21)4-6-16(13)31-2/h4-10,12H,11H2,1-3H3,(H,25,27)(H,26,28)/b9-8+/t12-/m0/s1. The topological polar surface area (TPSA) is 97.4 Å². The first-order valence-electron chi connectivity index (χ1n) is 9.14. The molecule has 0 aliphatic carbocycles. The Morgan fingerprint density at radius 1 is 1.25 bits per heavy atom. The molecule has 1 atom stereocenters. The van der Waals surface area contributed by atoms with Gasteiger partial charge in [-0.25, -0.2) is 17.8 Å². The molecule has 174 valence electrons. The second-order valence-corrected chi connectivity index (χ2v) is 8.75. The number of pyridine rings is 1. The van der Waals surface area contributed by atoms with E-state index in [1.165, 1.54) is 26.2 Å². The van der Waals surface area contributed by atoms with Gasteiger partial charge in [-0.1, -0.05) is 6.08 Å². The number of rotatable bonds is 8. The van der Waals surface area contributed by atoms with E-state index >= 15 is 0 Å². The number of benzene rings is 1. The van der Waals surface area contributed by atoms with Crippen molar-refractivity contribution in [2.45, 2.75) is 25.7 Å². The smallest absolute Gasteiger partial charge is 0.433 e. The summed E-state index contributed by atoms with van der Waals surface area (Å²) in [4.78, 5) is 16.1. The molecule has 2 N–H and O–H groups in total. The molecule has 0 radical (unpaired) electrons. The molecule has 2 rings (SSSR count). The predicted molar refractivity (Wildman–Crippen MR) is 110 cm³/mol. The lowest BCUT2D eigenvalue weighted by atomic mass is 10.1. The Balaban J connectivity index is 2.34. The summed E-state index contributed by atoms with van der Waals surface area (Å²) in [6.07, 6.45) is -2.57. The SMILES string of the molecule is COc1ccc(F)cc1CNc1nc(C(F)(F)F)ccc1C(=O)N[C@@H](C)/C=C/S(C)(=O)=O. The van der Waals surface area contributed by atoms with Crippen LogP contribution in [0.4, 0.5) is 23.4 Å². The molecule has 7 nitrogen and oxygen atoms in total. The number of hydrogen-bond acceptors (Lipinski definition) is 6. The second-order valence-electron chi connectivity index (χ2n) is 6.82. The van der Waals surface area contributed by atoms with Crippen LogP contribution in [0.15, 0.2) is 41.8 Å². The average Bonchev–Trinajstić information content (AvgIpc) is 2.69. The van der Waals surface area contributed by atoms with Crippen LogP contribution in [0.5, 0.6) is 5.75 Å². The summed E-state index contributed by atoms with van der Waals surface area (Å²) in [5, 5.41) is 5.98. The van der Waals surface area contributed by atoms with Crippen LogP contribution in [-0.2, 0) is 22.6 Å². The van der Waals surface area contributed by atoms with Crippen LogP contribution >= 0.6 is 0 Å². The average molecular weight is 475 g/mol. The molecule has 1 aromatic carbocycles. The predicted octanol–water partition coefficient (Wildman–Crippen LogP) is 3.54. The summed E-state index contributed by atoms with van der Waals surface area (Å²) in [5.41, 5.74) is -1.15. The minimum Gasteiger partial charge on any atom is -0.496 e. The van der Waals surface area contributed by atoms with Gasteiger partial charge >= 0.3 is 6.18 Å². The van der Waals surface area contributed by atoms with Gasteiger partial charge in [0.25, 0.3) is 5.91 Å². The molecule has 1 amide bonds. The Labute approximate surface area is 182 Å². The number of amides is 1. The lowest BCUT2D eigenvalue weighted by molar-refractivity contribution is -0.141. The van der Waals surface area contributed by atoms with E-state index in [0.29, 0.717) is 11.6 Å². The molecule has 0 unspecified atom stereocenters. The number of hydrogen-bond donors (Lipinski definition) is 2. The van der Waals surface area contributed by atoms with Crippen molar-refractivity contribution in [2.75, 3.05) is 18.7 Å². The van der Waals surface area contributed by atoms with Crippen molar-refractivity contribution in [3.05, 3.63) is 64.5 Å². The lowest BCUT2D eigenvalue weighted by Gasteiger charge is -2.16. The molecule has 0 aliphatic rings. The van der Waals surface area contributed by atoms with Crippen LogP contribution in [0.3, 0.4) is 0 Å². The Morgan fingerprint density at radius 2 is 1.94 bits per heavy atom. The summed E-state index contributed by atoms with van der Waals surface area (Å²) in [6.45, 7) is 1.31. The normalized spacial score (nSPS) is 13.1. The van der Waals surface area contributed by atoms with Crippen LogP contribution in [0.1, 0.15) is 28.5 Å². The maximum Gasteiger partial charge on any atom is 0.433 e. The summed E-state index contributed by atoms with van der Waals surface area (Å²) < 4.78 is 80.5. The maximum absolute atomic E-state index is 13.6. The zero-order chi connectivity index (χ0) is 24.1. The summed E-state index contributed by atoms with van der Waals surface area (Å²) in [7, 11) is -2.07. The highest BCUT2D eigenvalue weighted by Gasteiger charge is 2.33. The molecular weight excluding hydrogens is 454 g/mol. The van der Waals surface area contributed by atoms with Gasteiger partial charge in [0.2, 0.25) is 0 Å². The van der Waals surface area contributed by atoms with Crippen LogP contribution in [-0.4, -0.2) is 38.7 Å². The molecule has 0 bridgehead atoms. The maximum atomic E-state index is 13.6. The quantitative estimate of drug-likeness (QED) is 0.567. The van der Waals surface area contributed by atoms with Crippen molar-refractivity contribution in [2.24, 2.45) is 0 Å². The number of carbonyl (C=O) groups is 1. The first-order chi connectivity index (χ1) is 14.8. The molecular formula is C20H21F4N3O4S. The Kier molecular flexibility index (Phi) is 7.83. The van der Waals surface area contributed by atoms with Gasteiger partial charge in [0.1, 0.15) is 23.1 Å². The van der Waals surface area contributed by atoms with Gasteiger partial charge < -0.3 is 15.4 Å². The molecule has 0 saturated carbocycles.